The molecule has 0 aromatic carbocycles. The molecule has 0 amide bonds. The van der Waals surface area contributed by atoms with E-state index < -0.39 is 0 Å². The van der Waals surface area contributed by atoms with Crippen LogP contribution in [-0.4, -0.2) is 0 Å². The fourth-order valence-electron chi connectivity index (χ4n) is 45.7. The second-order valence-electron chi connectivity index (χ2n) is 27.9. The van der Waals surface area contributed by atoms with Crippen molar-refractivity contribution in [3.05, 3.63) is 0 Å². The third kappa shape index (κ3) is 0.357. The molecule has 0 aromatic rings. The van der Waals surface area contributed by atoms with Crippen molar-refractivity contribution in [3.63, 3.8) is 0 Å². The maximum absolute atomic E-state index is 1.81. The molecule has 30 aliphatic carbocycles. The van der Waals surface area contributed by atoms with Gasteiger partial charge in [-0.15, -0.1) is 0 Å². The zero-order chi connectivity index (χ0) is 24.5. The first-order chi connectivity index (χ1) is 21.9. The first-order valence-electron chi connectivity index (χ1n) is 21.9. The summed E-state index contributed by atoms with van der Waals surface area (Å²) < 4.78 is 0. The fraction of sp³-hybridized carbons (Fsp3) is 1.00. The van der Waals surface area contributed by atoms with Crippen LogP contribution in [0.3, 0.4) is 0 Å². The minimum atomic E-state index is 1.10. The van der Waals surface area contributed by atoms with Crippen molar-refractivity contribution in [1.82, 2.24) is 0 Å². The Balaban J connectivity index is 0.839. The van der Waals surface area contributed by atoms with E-state index in [1.807, 2.05) is 0 Å². The van der Waals surface area contributed by atoms with E-state index in [2.05, 4.69) is 0 Å². The molecular weight excluding hydrogens is 528 g/mol. The number of fused-ring (bicyclic) bond motifs is 18. The highest BCUT2D eigenvalue weighted by molar-refractivity contribution is 6.02. The van der Waals surface area contributed by atoms with E-state index in [9.17, 15) is 0 Å². The SMILES string of the molecule is C1C2C3CC4C5C6C7C8C9C%10C%11C%12CC%13C%14CC%15C%16C%17C%18C%19C%20C%21C%22C1C21C34C52C%221C%211C62C72C%201C%191C%183C%174C%165C%14%15C%13%12C%115C%104C93C821. The lowest BCUT2D eigenvalue weighted by molar-refractivity contribution is -1.11. The van der Waals surface area contributed by atoms with Crippen molar-refractivity contribution in [2.45, 2.75) is 25.7 Å². The molecule has 36 unspecified atom stereocenters. The molecule has 0 N–H and O–H groups in total. The van der Waals surface area contributed by atoms with Crippen molar-refractivity contribution in [3.8, 4) is 0 Å². The van der Waals surface area contributed by atoms with Crippen LogP contribution in [0.25, 0.3) is 0 Å². The maximum atomic E-state index is 1.81. The standard InChI is InChI=1S/C44H30/c1-5-6-2-10-14-18-23-26-24-20-16-12-4-8-7-3-11-15-19-22-25-21-17-13-9(1)27(5)28(6,10)32(14)31(13,27)35(17)36(18,32)40(23)39(21,35)43(25)41(22)37(19)33(15)29(7,11)30(8,12)34(16,33)38(20,37)42(24,41)44(26,40)43/h5-26H,1-4H2. The topological polar surface area (TPSA) is 0 Å². The summed E-state index contributed by atoms with van der Waals surface area (Å²) in [6.45, 7) is 0. The van der Waals surface area contributed by atoms with Gasteiger partial charge in [-0.1, -0.05) is 0 Å². The Morgan fingerprint density at radius 2 is 0.364 bits per heavy atom. The maximum Gasteiger partial charge on any atom is -0.00502 e. The van der Waals surface area contributed by atoms with Gasteiger partial charge in [0.25, 0.3) is 0 Å². The van der Waals surface area contributed by atoms with E-state index >= 15 is 0 Å². The van der Waals surface area contributed by atoms with Gasteiger partial charge in [-0.3, -0.25) is 0 Å². The van der Waals surface area contributed by atoms with E-state index in [1.165, 1.54) is 130 Å². The van der Waals surface area contributed by atoms with Gasteiger partial charge in [0.1, 0.15) is 0 Å². The van der Waals surface area contributed by atoms with Crippen LogP contribution in [0, 0.1) is 228 Å². The third-order valence-corrected chi connectivity index (χ3v) is 36.9. The quantitative estimate of drug-likeness (QED) is 0.417. The van der Waals surface area contributed by atoms with Crippen LogP contribution in [0.1, 0.15) is 25.7 Å². The first-order valence-corrected chi connectivity index (χ1v) is 21.9. The molecule has 36 atom stereocenters. The average molecular weight is 559 g/mol. The lowest BCUT2D eigenvalue weighted by Gasteiger charge is -3.56. The minimum Gasteiger partial charge on any atom is -0.0458 e. The molecule has 0 aliphatic heterocycles. The lowest BCUT2D eigenvalue weighted by atomic mass is 8.46. The molecule has 0 nitrogen and oxygen atoms in total. The summed E-state index contributed by atoms with van der Waals surface area (Å²) in [4.78, 5) is 0. The fourth-order valence-corrected chi connectivity index (χ4v) is 45.7. The highest BCUT2D eigenvalue weighted by Crippen LogP contribution is 3.58. The predicted molar refractivity (Wildman–Crippen MR) is 139 cm³/mol. The summed E-state index contributed by atoms with van der Waals surface area (Å²) in [7, 11) is 0. The summed E-state index contributed by atoms with van der Waals surface area (Å²) >= 11 is 0. The summed E-state index contributed by atoms with van der Waals surface area (Å²) in [6, 6.07) is 0. The highest BCUT2D eigenvalue weighted by Gasteiger charge is 3.57. The van der Waals surface area contributed by atoms with Crippen LogP contribution in [0.2, 0.25) is 0 Å². The molecule has 18 spiro atoms. The van der Waals surface area contributed by atoms with Crippen molar-refractivity contribution in [2.75, 3.05) is 0 Å². The van der Waals surface area contributed by atoms with Crippen molar-refractivity contribution in [2.24, 2.45) is 228 Å². The van der Waals surface area contributed by atoms with Gasteiger partial charge in [-0.25, -0.2) is 0 Å². The molecule has 30 aliphatic rings. The van der Waals surface area contributed by atoms with E-state index in [1.54, 1.807) is 25.7 Å². The molecule has 206 valence electrons. The van der Waals surface area contributed by atoms with Crippen molar-refractivity contribution >= 4 is 0 Å². The Morgan fingerprint density at radius 3 is 0.591 bits per heavy atom. The Bertz CT molecular complexity index is 2310. The highest BCUT2D eigenvalue weighted by atomic mass is 15.6. The molecule has 0 saturated heterocycles. The van der Waals surface area contributed by atoms with Crippen LogP contribution < -0.4 is 0 Å². The molecular formula is C44H30. The smallest absolute Gasteiger partial charge is 0.00502 e. The molecule has 30 saturated carbocycles. The van der Waals surface area contributed by atoms with Gasteiger partial charge in [-0.2, -0.15) is 0 Å². The van der Waals surface area contributed by atoms with Gasteiger partial charge in [-0.05, 0) is 253 Å². The Hall–Kier alpha value is 0. The van der Waals surface area contributed by atoms with Crippen molar-refractivity contribution in [1.29, 1.82) is 0 Å². The van der Waals surface area contributed by atoms with Gasteiger partial charge in [0.15, 0.2) is 0 Å². The van der Waals surface area contributed by atoms with E-state index in [4.69, 9.17) is 0 Å². The van der Waals surface area contributed by atoms with Crippen LogP contribution >= 0.6 is 0 Å². The molecule has 30 rings (SSSR count). The van der Waals surface area contributed by atoms with Crippen LogP contribution in [-0.2, 0) is 0 Å². The molecule has 44 heavy (non-hydrogen) atoms. The van der Waals surface area contributed by atoms with E-state index in [0.29, 0.717) is 0 Å². The molecule has 0 radical (unpaired) electrons. The Labute approximate surface area is 252 Å². The van der Waals surface area contributed by atoms with Crippen LogP contribution in [0.4, 0.5) is 0 Å². The summed E-state index contributed by atoms with van der Waals surface area (Å²) in [6.07, 6.45) is 7.23. The van der Waals surface area contributed by atoms with Crippen molar-refractivity contribution < 1.29 is 0 Å². The molecule has 0 heterocycles. The Morgan fingerprint density at radius 1 is 0.182 bits per heavy atom. The normalized spacial score (nSPS) is 135. The van der Waals surface area contributed by atoms with Gasteiger partial charge in [0.05, 0.1) is 0 Å². The third-order valence-electron chi connectivity index (χ3n) is 36.9. The summed E-state index contributed by atoms with van der Waals surface area (Å²) in [5.41, 5.74) is 20.1. The zero-order valence-corrected chi connectivity index (χ0v) is 24.5. The summed E-state index contributed by atoms with van der Waals surface area (Å²) in [5.74, 6) is 30.5. The minimum absolute atomic E-state index is 1.10. The number of hydrogen-bond donors (Lipinski definition) is 0. The van der Waals surface area contributed by atoms with Crippen LogP contribution in [0.15, 0.2) is 0 Å². The van der Waals surface area contributed by atoms with Gasteiger partial charge in [0.2, 0.25) is 0 Å². The monoisotopic (exact) mass is 558 g/mol. The largest absolute Gasteiger partial charge is 0.0458 e. The molecule has 0 heteroatoms. The van der Waals surface area contributed by atoms with E-state index in [0.717, 1.165) is 97.5 Å². The first kappa shape index (κ1) is 15.3. The van der Waals surface area contributed by atoms with Gasteiger partial charge < -0.3 is 0 Å². The predicted octanol–water partition coefficient (Wildman–Crippen LogP) is 4.27. The second kappa shape index (κ2) is 2.39. The molecule has 30 fully saturated rings. The summed E-state index contributed by atoms with van der Waals surface area (Å²) in [5, 5.41) is 0. The number of rotatable bonds is 0. The number of hydrogen-bond acceptors (Lipinski definition) is 0. The second-order valence-corrected chi connectivity index (χ2v) is 27.9. The molecule has 0 aromatic heterocycles. The Kier molecular flexibility index (Phi) is 0.831. The van der Waals surface area contributed by atoms with Gasteiger partial charge in [0, 0.05) is 0 Å². The lowest BCUT2D eigenvalue weighted by Crippen LogP contribution is -3.55. The molecule has 0 bridgehead atoms. The van der Waals surface area contributed by atoms with Gasteiger partial charge >= 0.3 is 0 Å². The average Bonchev–Trinajstić information content (AvgIpc) is 2.88. The van der Waals surface area contributed by atoms with E-state index in [-0.39, 0.29) is 0 Å². The van der Waals surface area contributed by atoms with Crippen LogP contribution in [0.5, 0.6) is 0 Å². The zero-order valence-electron chi connectivity index (χ0n) is 24.5.